The number of carbonyl (C=O) groups is 2. The summed E-state index contributed by atoms with van der Waals surface area (Å²) in [5.74, 6) is -0.127. The summed E-state index contributed by atoms with van der Waals surface area (Å²) in [7, 11) is 0. The molecular weight excluding hydrogens is 397 g/mol. The van der Waals surface area contributed by atoms with E-state index in [1.54, 1.807) is 12.1 Å². The first-order valence-electron chi connectivity index (χ1n) is 10.5. The van der Waals surface area contributed by atoms with Crippen LogP contribution in [0.2, 0.25) is 0 Å². The van der Waals surface area contributed by atoms with Crippen LogP contribution in [0.15, 0.2) is 41.4 Å². The highest BCUT2D eigenvalue weighted by molar-refractivity contribution is 6.06. The van der Waals surface area contributed by atoms with Crippen LogP contribution in [0.4, 0.5) is 15.8 Å². The first-order chi connectivity index (χ1) is 14.9. The first kappa shape index (κ1) is 20.8. The van der Waals surface area contributed by atoms with Gasteiger partial charge in [0, 0.05) is 29.4 Å². The Morgan fingerprint density at radius 2 is 1.81 bits per heavy atom. The van der Waals surface area contributed by atoms with Gasteiger partial charge in [-0.2, -0.15) is 0 Å². The molecule has 0 unspecified atom stereocenters. The largest absolute Gasteiger partial charge is 0.354 e. The third-order valence-electron chi connectivity index (χ3n) is 5.15. The molecule has 31 heavy (non-hydrogen) atoms. The highest BCUT2D eigenvalue weighted by Gasteiger charge is 2.27. The van der Waals surface area contributed by atoms with Crippen molar-refractivity contribution in [1.29, 1.82) is 0 Å². The summed E-state index contributed by atoms with van der Waals surface area (Å²) >= 11 is 0. The van der Waals surface area contributed by atoms with Gasteiger partial charge in [-0.25, -0.2) is 4.39 Å². The Balaban J connectivity index is 1.57. The van der Waals surface area contributed by atoms with Crippen LogP contribution < -0.4 is 21.3 Å². The molecule has 1 heterocycles. The van der Waals surface area contributed by atoms with E-state index in [2.05, 4.69) is 26.3 Å². The van der Waals surface area contributed by atoms with Crippen molar-refractivity contribution in [2.45, 2.75) is 38.6 Å². The molecule has 1 fully saturated rings. The molecule has 2 aliphatic rings. The predicted octanol–water partition coefficient (Wildman–Crippen LogP) is 3.27. The number of anilines is 2. The second-order valence-electron chi connectivity index (χ2n) is 8.14. The number of guanidine groups is 1. The van der Waals surface area contributed by atoms with Crippen molar-refractivity contribution in [3.8, 4) is 0 Å². The van der Waals surface area contributed by atoms with Gasteiger partial charge < -0.3 is 16.0 Å². The molecule has 2 aromatic carbocycles. The highest BCUT2D eigenvalue weighted by Crippen LogP contribution is 2.44. The van der Waals surface area contributed by atoms with Crippen molar-refractivity contribution in [2.75, 3.05) is 18.4 Å². The maximum Gasteiger partial charge on any atom is 0.257 e. The van der Waals surface area contributed by atoms with Crippen LogP contribution in [0.3, 0.4) is 0 Å². The molecule has 0 spiro atoms. The Morgan fingerprint density at radius 1 is 1.06 bits per heavy atom. The molecular formula is C23H26FN5O2. The Kier molecular flexibility index (Phi) is 5.88. The zero-order chi connectivity index (χ0) is 22.0. The Bertz CT molecular complexity index is 1050. The average molecular weight is 423 g/mol. The molecule has 1 saturated carbocycles. The number of benzene rings is 2. The Labute approximate surface area is 180 Å². The van der Waals surface area contributed by atoms with E-state index in [1.807, 2.05) is 19.9 Å². The number of amides is 2. The fourth-order valence-corrected chi connectivity index (χ4v) is 3.46. The average Bonchev–Trinajstić information content (AvgIpc) is 3.46. The fraction of sp³-hybridized carbons (Fsp3) is 0.348. The zero-order valence-electron chi connectivity index (χ0n) is 17.6. The number of rotatable bonds is 6. The monoisotopic (exact) mass is 423 g/mol. The standard InChI is InChI=1S/C23H26FN5O2/c1-13(2)27-21(30)16-5-7-18(24)20(12-16)28-19-8-6-15(11-17(19)14-3-4-14)22(31)29-23-25-9-10-26-23/h5-8,11-14,28H,3-4,9-10H2,1-2H3,(H,27,30)(H2,25,26,29,31). The lowest BCUT2D eigenvalue weighted by molar-refractivity contribution is 0.0941. The molecule has 0 radical (unpaired) electrons. The van der Waals surface area contributed by atoms with E-state index < -0.39 is 5.82 Å². The molecule has 4 N–H and O–H groups in total. The van der Waals surface area contributed by atoms with Gasteiger partial charge in [-0.05, 0) is 74.6 Å². The molecule has 0 aromatic heterocycles. The number of aliphatic imine (C=N–C) groups is 1. The number of hydrogen-bond acceptors (Lipinski definition) is 5. The minimum Gasteiger partial charge on any atom is -0.354 e. The molecule has 0 bridgehead atoms. The molecule has 4 rings (SSSR count). The summed E-state index contributed by atoms with van der Waals surface area (Å²) in [6.07, 6.45) is 2.04. The SMILES string of the molecule is CC(C)NC(=O)c1ccc(F)c(Nc2ccc(C(=O)NC3=NCCN3)cc2C2CC2)c1. The van der Waals surface area contributed by atoms with Gasteiger partial charge in [-0.1, -0.05) is 0 Å². The summed E-state index contributed by atoms with van der Waals surface area (Å²) in [4.78, 5) is 29.0. The van der Waals surface area contributed by atoms with Gasteiger partial charge in [0.2, 0.25) is 0 Å². The topological polar surface area (TPSA) is 94.6 Å². The maximum absolute atomic E-state index is 14.5. The third-order valence-corrected chi connectivity index (χ3v) is 5.15. The first-order valence-corrected chi connectivity index (χ1v) is 10.5. The van der Waals surface area contributed by atoms with Gasteiger partial charge in [0.25, 0.3) is 11.8 Å². The van der Waals surface area contributed by atoms with Crippen LogP contribution >= 0.6 is 0 Å². The van der Waals surface area contributed by atoms with Crippen LogP contribution in [-0.2, 0) is 0 Å². The van der Waals surface area contributed by atoms with Crippen LogP contribution in [0.5, 0.6) is 0 Å². The van der Waals surface area contributed by atoms with Crippen molar-refractivity contribution in [1.82, 2.24) is 16.0 Å². The van der Waals surface area contributed by atoms with Gasteiger partial charge in [0.15, 0.2) is 5.96 Å². The second-order valence-corrected chi connectivity index (χ2v) is 8.14. The second kappa shape index (κ2) is 8.75. The zero-order valence-corrected chi connectivity index (χ0v) is 17.6. The molecule has 7 nitrogen and oxygen atoms in total. The number of nitrogens with one attached hydrogen (secondary N) is 4. The third kappa shape index (κ3) is 5.02. The summed E-state index contributed by atoms with van der Waals surface area (Å²) < 4.78 is 14.5. The van der Waals surface area contributed by atoms with Gasteiger partial charge in [-0.3, -0.25) is 19.9 Å². The van der Waals surface area contributed by atoms with Crippen molar-refractivity contribution < 1.29 is 14.0 Å². The van der Waals surface area contributed by atoms with Gasteiger partial charge in [0.1, 0.15) is 5.82 Å². The van der Waals surface area contributed by atoms with Crippen LogP contribution in [0, 0.1) is 5.82 Å². The summed E-state index contributed by atoms with van der Waals surface area (Å²) in [6, 6.07) is 9.57. The lowest BCUT2D eigenvalue weighted by Gasteiger charge is -2.15. The van der Waals surface area contributed by atoms with E-state index in [9.17, 15) is 14.0 Å². The molecule has 0 saturated heterocycles. The fourth-order valence-electron chi connectivity index (χ4n) is 3.46. The number of nitrogens with zero attached hydrogens (tertiary/aromatic N) is 1. The molecule has 2 amide bonds. The van der Waals surface area contributed by atoms with Crippen molar-refractivity contribution in [2.24, 2.45) is 4.99 Å². The molecule has 0 atom stereocenters. The summed E-state index contributed by atoms with van der Waals surface area (Å²) in [5.41, 5.74) is 2.82. The summed E-state index contributed by atoms with van der Waals surface area (Å²) in [5, 5.41) is 11.7. The molecule has 8 heteroatoms. The molecule has 162 valence electrons. The smallest absolute Gasteiger partial charge is 0.257 e. The predicted molar refractivity (Wildman–Crippen MR) is 118 cm³/mol. The molecule has 2 aromatic rings. The van der Waals surface area contributed by atoms with Gasteiger partial charge >= 0.3 is 0 Å². The Hall–Kier alpha value is -3.42. The van der Waals surface area contributed by atoms with Crippen molar-refractivity contribution in [3.05, 3.63) is 58.9 Å². The van der Waals surface area contributed by atoms with E-state index in [4.69, 9.17) is 0 Å². The van der Waals surface area contributed by atoms with E-state index in [0.717, 1.165) is 24.1 Å². The Morgan fingerprint density at radius 3 is 2.48 bits per heavy atom. The quantitative estimate of drug-likeness (QED) is 0.574. The lowest BCUT2D eigenvalue weighted by atomic mass is 10.0. The van der Waals surface area contributed by atoms with Gasteiger partial charge in [-0.15, -0.1) is 0 Å². The highest BCUT2D eigenvalue weighted by atomic mass is 19.1. The van der Waals surface area contributed by atoms with E-state index in [0.29, 0.717) is 36.1 Å². The van der Waals surface area contributed by atoms with Crippen LogP contribution in [0.1, 0.15) is 58.9 Å². The lowest BCUT2D eigenvalue weighted by Crippen LogP contribution is -2.38. The van der Waals surface area contributed by atoms with Crippen LogP contribution in [-0.4, -0.2) is 36.9 Å². The molecule has 1 aliphatic carbocycles. The number of halogens is 1. The van der Waals surface area contributed by atoms with Crippen molar-refractivity contribution >= 4 is 29.1 Å². The summed E-state index contributed by atoms with van der Waals surface area (Å²) in [6.45, 7) is 5.10. The van der Waals surface area contributed by atoms with E-state index >= 15 is 0 Å². The van der Waals surface area contributed by atoms with Crippen LogP contribution in [0.25, 0.3) is 0 Å². The van der Waals surface area contributed by atoms with Crippen molar-refractivity contribution in [3.63, 3.8) is 0 Å². The minimum absolute atomic E-state index is 0.0143. The minimum atomic E-state index is -0.449. The molecule has 1 aliphatic heterocycles. The number of carbonyl (C=O) groups excluding carboxylic acids is 2. The number of hydrogen-bond donors (Lipinski definition) is 4. The normalized spacial score (nSPS) is 15.3. The van der Waals surface area contributed by atoms with Gasteiger partial charge in [0.05, 0.1) is 12.2 Å². The van der Waals surface area contributed by atoms with E-state index in [-0.39, 0.29) is 23.5 Å². The maximum atomic E-state index is 14.5. The van der Waals surface area contributed by atoms with E-state index in [1.165, 1.54) is 18.2 Å².